The fraction of sp³-hybridized carbons (Fsp3) is 0.500. The maximum absolute atomic E-state index is 13.1. The Morgan fingerprint density at radius 3 is 2.44 bits per heavy atom. The molecular formula is C24H31N3O7. The summed E-state index contributed by atoms with van der Waals surface area (Å²) in [5, 5.41) is 14.5. The van der Waals surface area contributed by atoms with Gasteiger partial charge in [0.15, 0.2) is 12.2 Å². The second-order valence-electron chi connectivity index (χ2n) is 9.96. The number of carbonyl (C=O) groups excluding carboxylic acids is 3. The highest BCUT2D eigenvalue weighted by molar-refractivity contribution is 6.00. The Hall–Kier alpha value is -3.24. The quantitative estimate of drug-likeness (QED) is 0.673. The molecule has 2 aromatic rings. The van der Waals surface area contributed by atoms with Gasteiger partial charge in [-0.15, -0.1) is 0 Å². The smallest absolute Gasteiger partial charge is 0.435 e. The highest BCUT2D eigenvalue weighted by atomic mass is 16.6. The Morgan fingerprint density at radius 1 is 1.12 bits per heavy atom. The van der Waals surface area contributed by atoms with Gasteiger partial charge in [-0.05, 0) is 59.2 Å². The van der Waals surface area contributed by atoms with Crippen molar-refractivity contribution in [2.75, 3.05) is 18.1 Å². The van der Waals surface area contributed by atoms with E-state index in [1.807, 2.05) is 6.07 Å². The molecule has 1 aromatic carbocycles. The standard InChI is InChI=1S/C24H31N3O7/c1-23(2,3)33-21(30)18(28)19-20(29)26(10-11-32-19)17-9-7-8-15(12-17)16-13-25-27(14-16)22(31)34-24(4,5)6/h7-9,12-14,18-19,28H,10-11H2,1-6H3. The Labute approximate surface area is 198 Å². The normalized spacial score (nSPS) is 17.9. The van der Waals surface area contributed by atoms with Gasteiger partial charge >= 0.3 is 12.1 Å². The number of benzene rings is 1. The molecular weight excluding hydrogens is 442 g/mol. The van der Waals surface area contributed by atoms with Gasteiger partial charge in [-0.3, -0.25) is 4.79 Å². The molecule has 2 atom stereocenters. The zero-order chi connectivity index (χ0) is 25.3. The molecule has 1 fully saturated rings. The van der Waals surface area contributed by atoms with Crippen molar-refractivity contribution in [3.05, 3.63) is 36.7 Å². The number of aliphatic hydroxyl groups is 1. The first-order chi connectivity index (χ1) is 15.7. The van der Waals surface area contributed by atoms with Gasteiger partial charge in [-0.1, -0.05) is 12.1 Å². The molecule has 2 unspecified atom stereocenters. The summed E-state index contributed by atoms with van der Waals surface area (Å²) in [5.74, 6) is -1.47. The average molecular weight is 474 g/mol. The number of anilines is 1. The first-order valence-corrected chi connectivity index (χ1v) is 11.0. The molecule has 1 saturated heterocycles. The van der Waals surface area contributed by atoms with Crippen molar-refractivity contribution >= 4 is 23.7 Å². The second kappa shape index (κ2) is 9.55. The molecule has 1 N–H and O–H groups in total. The van der Waals surface area contributed by atoms with Gasteiger partial charge in [0.05, 0.1) is 12.8 Å². The summed E-state index contributed by atoms with van der Waals surface area (Å²) in [7, 11) is 0. The van der Waals surface area contributed by atoms with E-state index in [1.54, 1.807) is 65.9 Å². The van der Waals surface area contributed by atoms with Crippen LogP contribution < -0.4 is 4.90 Å². The van der Waals surface area contributed by atoms with Crippen molar-refractivity contribution in [3.8, 4) is 11.1 Å². The minimum Gasteiger partial charge on any atom is -0.458 e. The van der Waals surface area contributed by atoms with E-state index >= 15 is 0 Å². The summed E-state index contributed by atoms with van der Waals surface area (Å²) in [6.45, 7) is 10.7. The van der Waals surface area contributed by atoms with Crippen LogP contribution in [0.25, 0.3) is 11.1 Å². The number of rotatable bonds is 4. The molecule has 0 spiro atoms. The van der Waals surface area contributed by atoms with E-state index in [2.05, 4.69) is 5.10 Å². The molecule has 10 nitrogen and oxygen atoms in total. The molecule has 184 valence electrons. The van der Waals surface area contributed by atoms with E-state index in [0.717, 1.165) is 10.2 Å². The van der Waals surface area contributed by atoms with Crippen molar-refractivity contribution in [1.82, 2.24) is 9.78 Å². The van der Waals surface area contributed by atoms with Gasteiger partial charge in [0, 0.05) is 24.0 Å². The molecule has 1 amide bonds. The molecule has 1 aromatic heterocycles. The third-order valence-corrected chi connectivity index (χ3v) is 4.71. The summed E-state index contributed by atoms with van der Waals surface area (Å²) in [5.41, 5.74) is 0.458. The van der Waals surface area contributed by atoms with Crippen molar-refractivity contribution in [3.63, 3.8) is 0 Å². The van der Waals surface area contributed by atoms with E-state index in [1.165, 1.54) is 11.1 Å². The van der Waals surface area contributed by atoms with Gasteiger partial charge in [0.2, 0.25) is 0 Å². The number of amides is 1. The van der Waals surface area contributed by atoms with E-state index < -0.39 is 41.4 Å². The summed E-state index contributed by atoms with van der Waals surface area (Å²) >= 11 is 0. The molecule has 1 aliphatic heterocycles. The molecule has 0 aliphatic carbocycles. The number of morpholine rings is 1. The van der Waals surface area contributed by atoms with E-state index in [9.17, 15) is 19.5 Å². The maximum Gasteiger partial charge on any atom is 0.435 e. The predicted molar refractivity (Wildman–Crippen MR) is 123 cm³/mol. The van der Waals surface area contributed by atoms with Crippen LogP contribution in [0.1, 0.15) is 41.5 Å². The molecule has 34 heavy (non-hydrogen) atoms. The van der Waals surface area contributed by atoms with E-state index in [4.69, 9.17) is 14.2 Å². The number of aliphatic hydroxyl groups excluding tert-OH is 1. The number of ether oxygens (including phenoxy) is 3. The molecule has 2 heterocycles. The lowest BCUT2D eigenvalue weighted by molar-refractivity contribution is -0.177. The van der Waals surface area contributed by atoms with Crippen LogP contribution in [-0.4, -0.2) is 69.4 Å². The van der Waals surface area contributed by atoms with Gasteiger partial charge in [0.25, 0.3) is 5.91 Å². The third kappa shape index (κ3) is 6.21. The lowest BCUT2D eigenvalue weighted by atomic mass is 10.1. The van der Waals surface area contributed by atoms with Crippen molar-refractivity contribution < 1.29 is 33.7 Å². The highest BCUT2D eigenvalue weighted by Gasteiger charge is 2.41. The van der Waals surface area contributed by atoms with Gasteiger partial charge < -0.3 is 24.2 Å². The minimum absolute atomic E-state index is 0.136. The summed E-state index contributed by atoms with van der Waals surface area (Å²) in [6, 6.07) is 7.08. The summed E-state index contributed by atoms with van der Waals surface area (Å²) in [4.78, 5) is 39.0. The molecule has 3 rings (SSSR count). The Bertz CT molecular complexity index is 1070. The van der Waals surface area contributed by atoms with Crippen molar-refractivity contribution in [2.24, 2.45) is 0 Å². The Kier molecular flexibility index (Phi) is 7.13. The zero-order valence-corrected chi connectivity index (χ0v) is 20.3. The summed E-state index contributed by atoms with van der Waals surface area (Å²) < 4.78 is 17.0. The predicted octanol–water partition coefficient (Wildman–Crippen LogP) is 2.77. The van der Waals surface area contributed by atoms with Crippen LogP contribution >= 0.6 is 0 Å². The Morgan fingerprint density at radius 2 is 1.79 bits per heavy atom. The Balaban J connectivity index is 1.78. The van der Waals surface area contributed by atoms with Gasteiger partial charge in [-0.2, -0.15) is 9.78 Å². The number of aromatic nitrogens is 2. The van der Waals surface area contributed by atoms with Crippen LogP contribution in [0.15, 0.2) is 36.7 Å². The van der Waals surface area contributed by atoms with Crippen LogP contribution in [-0.2, 0) is 23.8 Å². The lowest BCUT2D eigenvalue weighted by Crippen LogP contribution is -2.55. The summed E-state index contributed by atoms with van der Waals surface area (Å²) in [6.07, 6.45) is -0.646. The first kappa shape index (κ1) is 25.4. The topological polar surface area (TPSA) is 120 Å². The van der Waals surface area contributed by atoms with E-state index in [0.29, 0.717) is 11.3 Å². The fourth-order valence-electron chi connectivity index (χ4n) is 3.31. The van der Waals surface area contributed by atoms with Gasteiger partial charge in [0.1, 0.15) is 11.2 Å². The minimum atomic E-state index is -1.75. The number of nitrogens with zero attached hydrogens (tertiary/aromatic N) is 3. The van der Waals surface area contributed by atoms with Crippen LogP contribution in [0.2, 0.25) is 0 Å². The first-order valence-electron chi connectivity index (χ1n) is 11.0. The molecule has 1 aliphatic rings. The average Bonchev–Trinajstić information content (AvgIpc) is 3.22. The van der Waals surface area contributed by atoms with Crippen LogP contribution in [0, 0.1) is 0 Å². The van der Waals surface area contributed by atoms with Crippen molar-refractivity contribution in [2.45, 2.75) is 65.0 Å². The van der Waals surface area contributed by atoms with Crippen LogP contribution in [0.3, 0.4) is 0 Å². The molecule has 0 bridgehead atoms. The van der Waals surface area contributed by atoms with Crippen molar-refractivity contribution in [1.29, 1.82) is 0 Å². The highest BCUT2D eigenvalue weighted by Crippen LogP contribution is 2.27. The van der Waals surface area contributed by atoms with Crippen LogP contribution in [0.5, 0.6) is 0 Å². The zero-order valence-electron chi connectivity index (χ0n) is 20.3. The number of carbonyl (C=O) groups is 3. The molecule has 10 heteroatoms. The number of esters is 1. The fourth-order valence-corrected chi connectivity index (χ4v) is 3.31. The second-order valence-corrected chi connectivity index (χ2v) is 9.96. The largest absolute Gasteiger partial charge is 0.458 e. The third-order valence-electron chi connectivity index (χ3n) is 4.71. The number of hydrogen-bond donors (Lipinski definition) is 1. The maximum atomic E-state index is 13.1. The molecule has 0 saturated carbocycles. The number of hydrogen-bond acceptors (Lipinski definition) is 8. The van der Waals surface area contributed by atoms with Crippen LogP contribution in [0.4, 0.5) is 10.5 Å². The molecule has 0 radical (unpaired) electrons. The van der Waals surface area contributed by atoms with E-state index in [-0.39, 0.29) is 13.2 Å². The van der Waals surface area contributed by atoms with Gasteiger partial charge in [-0.25, -0.2) is 9.59 Å². The SMILES string of the molecule is CC(C)(C)OC(=O)C(O)C1OCCN(c2cccc(-c3cnn(C(=O)OC(C)(C)C)c3)c2)C1=O. The monoisotopic (exact) mass is 473 g/mol. The lowest BCUT2D eigenvalue weighted by Gasteiger charge is -2.34.